The number of fused-ring (bicyclic) bond motifs is 1. The molecule has 148 valence electrons. The second-order valence-electron chi connectivity index (χ2n) is 6.34. The smallest absolute Gasteiger partial charge is 0.356 e. The predicted octanol–water partition coefficient (Wildman–Crippen LogP) is 2.56. The quantitative estimate of drug-likeness (QED) is 0.679. The second-order valence-corrected chi connectivity index (χ2v) is 7.25. The Labute approximate surface area is 170 Å². The van der Waals surface area contributed by atoms with Crippen LogP contribution < -0.4 is 0 Å². The van der Waals surface area contributed by atoms with E-state index in [-0.39, 0.29) is 37.6 Å². The molecule has 1 aliphatic rings. The number of carbonyl (C=O) groups is 3. The lowest BCUT2D eigenvalue weighted by Gasteiger charge is -2.27. The Hall–Kier alpha value is -2.68. The van der Waals surface area contributed by atoms with Gasteiger partial charge in [-0.3, -0.25) is 9.59 Å². The molecule has 1 N–H and O–H groups in total. The van der Waals surface area contributed by atoms with Crippen LogP contribution in [-0.4, -0.2) is 50.8 Å². The van der Waals surface area contributed by atoms with E-state index in [2.05, 4.69) is 21.0 Å². The van der Waals surface area contributed by atoms with E-state index in [0.29, 0.717) is 18.5 Å². The summed E-state index contributed by atoms with van der Waals surface area (Å²) in [4.78, 5) is 37.2. The normalized spacial score (nSPS) is 13.1. The number of amides is 1. The number of carbonyl (C=O) groups excluding carboxylic acids is 2. The van der Waals surface area contributed by atoms with Crippen molar-refractivity contribution in [2.45, 2.75) is 32.7 Å². The van der Waals surface area contributed by atoms with Crippen molar-refractivity contribution in [2.75, 3.05) is 13.2 Å². The first-order valence-corrected chi connectivity index (χ1v) is 9.73. The average Bonchev–Trinajstić information content (AvgIpc) is 3.06. The zero-order valence-corrected chi connectivity index (χ0v) is 16.9. The van der Waals surface area contributed by atoms with Crippen molar-refractivity contribution in [3.05, 3.63) is 45.7 Å². The topological polar surface area (TPSA) is 102 Å². The first-order chi connectivity index (χ1) is 13.4. The van der Waals surface area contributed by atoms with Gasteiger partial charge in [-0.05, 0) is 31.2 Å². The molecular formula is C19H20BrN3O5. The van der Waals surface area contributed by atoms with Gasteiger partial charge in [-0.25, -0.2) is 9.48 Å². The van der Waals surface area contributed by atoms with Crippen molar-refractivity contribution < 1.29 is 24.2 Å². The maximum atomic E-state index is 12.5. The number of carboxylic acid groups (broad SMARTS) is 1. The number of halogens is 1. The highest BCUT2D eigenvalue weighted by Crippen LogP contribution is 2.26. The fourth-order valence-electron chi connectivity index (χ4n) is 3.20. The Balaban J connectivity index is 1.82. The van der Waals surface area contributed by atoms with Gasteiger partial charge < -0.3 is 14.7 Å². The second kappa shape index (κ2) is 8.55. The van der Waals surface area contributed by atoms with Crippen LogP contribution in [0.4, 0.5) is 0 Å². The van der Waals surface area contributed by atoms with Crippen LogP contribution in [0.2, 0.25) is 0 Å². The lowest BCUT2D eigenvalue weighted by molar-refractivity contribution is -0.145. The highest BCUT2D eigenvalue weighted by molar-refractivity contribution is 9.10. The summed E-state index contributed by atoms with van der Waals surface area (Å²) < 4.78 is 7.38. The Morgan fingerprint density at radius 2 is 1.93 bits per heavy atom. The van der Waals surface area contributed by atoms with Crippen LogP contribution in [0, 0.1) is 0 Å². The van der Waals surface area contributed by atoms with E-state index in [0.717, 1.165) is 15.9 Å². The van der Waals surface area contributed by atoms with Crippen LogP contribution in [0.3, 0.4) is 0 Å². The molecule has 1 aromatic heterocycles. The molecule has 1 aromatic carbocycles. The summed E-state index contributed by atoms with van der Waals surface area (Å²) in [5.41, 5.74) is 2.02. The molecule has 8 nitrogen and oxygen atoms in total. The Bertz CT molecular complexity index is 907. The van der Waals surface area contributed by atoms with Gasteiger partial charge in [0.15, 0.2) is 5.69 Å². The summed E-state index contributed by atoms with van der Waals surface area (Å²) in [6.45, 7) is 2.59. The third kappa shape index (κ3) is 4.24. The standard InChI is InChI=1S/C19H20BrN3O5/c1-2-28-17(25)8-7-16(24)22-10-9-15-14(11-22)18(19(26)27)21-23(15)13-5-3-12(20)4-6-13/h3-6H,2,7-11H2,1H3,(H,26,27). The molecule has 2 aromatic rings. The molecular weight excluding hydrogens is 430 g/mol. The van der Waals surface area contributed by atoms with Crippen LogP contribution in [0.25, 0.3) is 5.69 Å². The number of hydrogen-bond donors (Lipinski definition) is 1. The highest BCUT2D eigenvalue weighted by atomic mass is 79.9. The number of nitrogens with zero attached hydrogens (tertiary/aromatic N) is 3. The van der Waals surface area contributed by atoms with E-state index in [1.807, 2.05) is 24.3 Å². The van der Waals surface area contributed by atoms with E-state index in [4.69, 9.17) is 4.74 Å². The zero-order valence-electron chi connectivity index (χ0n) is 15.4. The number of aromatic carboxylic acids is 1. The molecule has 1 aliphatic heterocycles. The molecule has 0 bridgehead atoms. The number of hydrogen-bond acceptors (Lipinski definition) is 5. The summed E-state index contributed by atoms with van der Waals surface area (Å²) in [5, 5.41) is 13.8. The van der Waals surface area contributed by atoms with Crippen LogP contribution in [0.15, 0.2) is 28.7 Å². The fraction of sp³-hybridized carbons (Fsp3) is 0.368. The number of esters is 1. The third-order valence-corrected chi connectivity index (χ3v) is 5.06. The van der Waals surface area contributed by atoms with Crippen LogP contribution >= 0.6 is 15.9 Å². The molecule has 0 aliphatic carbocycles. The van der Waals surface area contributed by atoms with E-state index in [1.165, 1.54) is 0 Å². The number of rotatable bonds is 6. The van der Waals surface area contributed by atoms with Crippen molar-refractivity contribution >= 4 is 33.8 Å². The largest absolute Gasteiger partial charge is 0.476 e. The van der Waals surface area contributed by atoms with Gasteiger partial charge >= 0.3 is 11.9 Å². The summed E-state index contributed by atoms with van der Waals surface area (Å²) in [5.74, 6) is -1.75. The summed E-state index contributed by atoms with van der Waals surface area (Å²) in [7, 11) is 0. The first kappa shape index (κ1) is 20.1. The van der Waals surface area contributed by atoms with E-state index < -0.39 is 11.9 Å². The Morgan fingerprint density at radius 1 is 1.21 bits per heavy atom. The average molecular weight is 450 g/mol. The molecule has 0 saturated carbocycles. The van der Waals surface area contributed by atoms with E-state index in [9.17, 15) is 19.5 Å². The molecule has 0 radical (unpaired) electrons. The summed E-state index contributed by atoms with van der Waals surface area (Å²) >= 11 is 3.38. The number of ether oxygens (including phenoxy) is 1. The monoisotopic (exact) mass is 449 g/mol. The molecule has 2 heterocycles. The van der Waals surface area contributed by atoms with Gasteiger partial charge in [0.05, 0.1) is 24.4 Å². The van der Waals surface area contributed by atoms with Gasteiger partial charge in [-0.15, -0.1) is 0 Å². The minimum atomic E-state index is -1.13. The van der Waals surface area contributed by atoms with Gasteiger partial charge in [0.1, 0.15) is 0 Å². The molecule has 0 unspecified atom stereocenters. The molecule has 1 amide bonds. The lowest BCUT2D eigenvalue weighted by atomic mass is 10.0. The predicted molar refractivity (Wildman–Crippen MR) is 103 cm³/mol. The Morgan fingerprint density at radius 3 is 2.57 bits per heavy atom. The zero-order chi connectivity index (χ0) is 20.3. The molecule has 0 saturated heterocycles. The van der Waals surface area contributed by atoms with Crippen molar-refractivity contribution in [3.63, 3.8) is 0 Å². The molecule has 0 fully saturated rings. The lowest BCUT2D eigenvalue weighted by Crippen LogP contribution is -2.36. The van der Waals surface area contributed by atoms with Crippen LogP contribution in [0.1, 0.15) is 41.5 Å². The van der Waals surface area contributed by atoms with Crippen molar-refractivity contribution in [3.8, 4) is 5.69 Å². The van der Waals surface area contributed by atoms with Crippen LogP contribution in [0.5, 0.6) is 0 Å². The number of benzene rings is 1. The van der Waals surface area contributed by atoms with Crippen molar-refractivity contribution in [1.82, 2.24) is 14.7 Å². The van der Waals surface area contributed by atoms with Gasteiger partial charge in [0.25, 0.3) is 0 Å². The molecule has 3 rings (SSSR count). The highest BCUT2D eigenvalue weighted by Gasteiger charge is 2.30. The number of carboxylic acids is 1. The molecule has 0 atom stereocenters. The Kier molecular flexibility index (Phi) is 6.13. The van der Waals surface area contributed by atoms with Crippen molar-refractivity contribution in [1.29, 1.82) is 0 Å². The van der Waals surface area contributed by atoms with Crippen molar-refractivity contribution in [2.24, 2.45) is 0 Å². The summed E-state index contributed by atoms with van der Waals surface area (Å²) in [6, 6.07) is 7.41. The molecule has 9 heteroatoms. The number of aromatic nitrogens is 2. The minimum absolute atomic E-state index is 0.0139. The van der Waals surface area contributed by atoms with Gasteiger partial charge in [0.2, 0.25) is 5.91 Å². The minimum Gasteiger partial charge on any atom is -0.476 e. The maximum Gasteiger partial charge on any atom is 0.356 e. The molecule has 0 spiro atoms. The maximum absolute atomic E-state index is 12.5. The summed E-state index contributed by atoms with van der Waals surface area (Å²) in [6.07, 6.45) is 0.536. The van der Waals surface area contributed by atoms with Crippen LogP contribution in [-0.2, 0) is 27.3 Å². The van der Waals surface area contributed by atoms with E-state index in [1.54, 1.807) is 16.5 Å². The SMILES string of the molecule is CCOC(=O)CCC(=O)N1CCc2c(c(C(=O)O)nn2-c2ccc(Br)cc2)C1. The van der Waals surface area contributed by atoms with E-state index >= 15 is 0 Å². The van der Waals surface area contributed by atoms with Gasteiger partial charge in [-0.1, -0.05) is 15.9 Å². The van der Waals surface area contributed by atoms with Gasteiger partial charge in [0, 0.05) is 36.0 Å². The third-order valence-electron chi connectivity index (χ3n) is 4.53. The van der Waals surface area contributed by atoms with Gasteiger partial charge in [-0.2, -0.15) is 5.10 Å². The fourth-order valence-corrected chi connectivity index (χ4v) is 3.46. The first-order valence-electron chi connectivity index (χ1n) is 8.94. The molecule has 28 heavy (non-hydrogen) atoms.